The van der Waals surface area contributed by atoms with Crippen molar-refractivity contribution in [2.45, 2.75) is 25.8 Å². The minimum absolute atomic E-state index is 0.0527. The molecule has 4 heterocycles. The molecule has 0 radical (unpaired) electrons. The molecule has 65 heavy (non-hydrogen) atoms. The summed E-state index contributed by atoms with van der Waals surface area (Å²) in [6.45, 7) is 9.54. The molecule has 5 amide bonds. The Labute approximate surface area is 372 Å². The normalized spacial score (nSPS) is 15.4. The number of rotatable bonds is 26. The highest BCUT2D eigenvalue weighted by molar-refractivity contribution is 6.25. The average molecular weight is 899 g/mol. The standard InChI is InChI=1S/C44H50N8O13/c1-28(7-9-32(45-2)40(55)47-29-8-12-36-34(27-29)48-42(65-36)33-10-14-38(54)51(3)50-33)64-26-25-63-24-23-62-22-21-61-20-19-60-18-17-59-16-15-46-31-6-4-5-30-39(31)44(58)52(43(30)57)35-11-13-37(53)49-41(35)56/h4-10,12,14,27,35,46H,2,11,13,15-26H2,1,3H3,(H,47,55)(H,49,53,56)/b28-7+,32-9-. The molecule has 21 heteroatoms. The number of piperidine rings is 1. The van der Waals surface area contributed by atoms with Crippen molar-refractivity contribution >= 4 is 58.7 Å². The maximum Gasteiger partial charge on any atom is 0.274 e. The molecule has 6 rings (SSSR count). The van der Waals surface area contributed by atoms with Crippen molar-refractivity contribution in [1.29, 1.82) is 0 Å². The van der Waals surface area contributed by atoms with Crippen LogP contribution in [-0.2, 0) is 49.9 Å². The van der Waals surface area contributed by atoms with Gasteiger partial charge in [0.05, 0.1) is 83.0 Å². The molecule has 2 aliphatic rings. The van der Waals surface area contributed by atoms with E-state index in [0.717, 1.165) is 4.90 Å². The van der Waals surface area contributed by atoms with Crippen LogP contribution in [0.1, 0.15) is 40.5 Å². The molecule has 0 saturated carbocycles. The van der Waals surface area contributed by atoms with E-state index in [4.69, 9.17) is 32.8 Å². The number of fused-ring (bicyclic) bond motifs is 2. The predicted molar refractivity (Wildman–Crippen MR) is 234 cm³/mol. The Morgan fingerprint density at radius 2 is 1.55 bits per heavy atom. The lowest BCUT2D eigenvalue weighted by Crippen LogP contribution is -2.54. The molecule has 2 aromatic heterocycles. The zero-order chi connectivity index (χ0) is 46.1. The van der Waals surface area contributed by atoms with Gasteiger partial charge in [0.25, 0.3) is 23.3 Å². The zero-order valence-corrected chi connectivity index (χ0v) is 36.0. The number of aliphatic imine (C=N–C) groups is 1. The molecular weight excluding hydrogens is 849 g/mol. The number of nitrogens with one attached hydrogen (secondary N) is 3. The molecule has 1 fully saturated rings. The molecule has 0 aliphatic carbocycles. The summed E-state index contributed by atoms with van der Waals surface area (Å²) in [4.78, 5) is 83.8. The first-order valence-corrected chi connectivity index (χ1v) is 20.8. The smallest absolute Gasteiger partial charge is 0.274 e. The fourth-order valence-electron chi connectivity index (χ4n) is 6.53. The van der Waals surface area contributed by atoms with E-state index in [1.807, 2.05) is 0 Å². The molecular formula is C44H50N8O13. The van der Waals surface area contributed by atoms with Crippen molar-refractivity contribution in [2.75, 3.05) is 89.9 Å². The average Bonchev–Trinajstić information content (AvgIpc) is 3.83. The second-order valence-electron chi connectivity index (χ2n) is 14.3. The number of anilines is 2. The molecule has 0 bridgehead atoms. The fourth-order valence-corrected chi connectivity index (χ4v) is 6.53. The first-order valence-electron chi connectivity index (χ1n) is 20.8. The minimum atomic E-state index is -1.03. The molecule has 0 spiro atoms. The Hall–Kier alpha value is -6.91. The van der Waals surface area contributed by atoms with E-state index in [1.165, 1.54) is 29.9 Å². The topological polar surface area (TPSA) is 253 Å². The second-order valence-corrected chi connectivity index (χ2v) is 14.3. The molecule has 21 nitrogen and oxygen atoms in total. The van der Waals surface area contributed by atoms with Gasteiger partial charge in [-0.2, -0.15) is 5.10 Å². The summed E-state index contributed by atoms with van der Waals surface area (Å²) in [6.07, 6.45) is 3.24. The van der Waals surface area contributed by atoms with Gasteiger partial charge in [-0.15, -0.1) is 0 Å². The summed E-state index contributed by atoms with van der Waals surface area (Å²) in [5.74, 6) is -1.93. The van der Waals surface area contributed by atoms with Gasteiger partial charge in [0.2, 0.25) is 17.7 Å². The fraction of sp³-hybridized carbons (Fsp3) is 0.386. The van der Waals surface area contributed by atoms with Gasteiger partial charge in [-0.25, -0.2) is 9.67 Å². The van der Waals surface area contributed by atoms with Gasteiger partial charge in [0.15, 0.2) is 5.58 Å². The number of aromatic nitrogens is 3. The van der Waals surface area contributed by atoms with E-state index < -0.39 is 35.6 Å². The first kappa shape index (κ1) is 47.6. The summed E-state index contributed by atoms with van der Waals surface area (Å²) >= 11 is 0. The minimum Gasteiger partial charge on any atom is -0.496 e. The van der Waals surface area contributed by atoms with Crippen molar-refractivity contribution in [3.05, 3.63) is 93.6 Å². The molecule has 4 aromatic rings. The van der Waals surface area contributed by atoms with E-state index in [9.17, 15) is 28.8 Å². The number of amides is 5. The number of oxazole rings is 1. The van der Waals surface area contributed by atoms with Crippen LogP contribution in [0.2, 0.25) is 0 Å². The number of allylic oxidation sites excluding steroid dienone is 3. The predicted octanol–water partition coefficient (Wildman–Crippen LogP) is 2.63. The van der Waals surface area contributed by atoms with Crippen LogP contribution in [0.3, 0.4) is 0 Å². The monoisotopic (exact) mass is 898 g/mol. The number of nitrogens with zero attached hydrogens (tertiary/aromatic N) is 5. The molecule has 2 aromatic carbocycles. The van der Waals surface area contributed by atoms with Crippen molar-refractivity contribution in [1.82, 2.24) is 25.0 Å². The number of ether oxygens (including phenoxy) is 6. The Morgan fingerprint density at radius 1 is 0.877 bits per heavy atom. The van der Waals surface area contributed by atoms with E-state index in [-0.39, 0.29) is 47.7 Å². The van der Waals surface area contributed by atoms with Crippen molar-refractivity contribution in [2.24, 2.45) is 12.0 Å². The molecule has 3 N–H and O–H groups in total. The summed E-state index contributed by atoms with van der Waals surface area (Å²) < 4.78 is 40.3. The Morgan fingerprint density at radius 3 is 2.22 bits per heavy atom. The maximum atomic E-state index is 13.2. The van der Waals surface area contributed by atoms with Gasteiger partial charge in [0.1, 0.15) is 29.6 Å². The van der Waals surface area contributed by atoms with E-state index in [2.05, 4.69) is 37.7 Å². The van der Waals surface area contributed by atoms with Crippen molar-refractivity contribution < 1.29 is 56.8 Å². The number of benzene rings is 2. The van der Waals surface area contributed by atoms with Crippen LogP contribution in [0.4, 0.5) is 11.4 Å². The molecule has 1 unspecified atom stereocenters. The lowest BCUT2D eigenvalue weighted by atomic mass is 10.0. The van der Waals surface area contributed by atoms with Crippen LogP contribution >= 0.6 is 0 Å². The van der Waals surface area contributed by atoms with E-state index in [0.29, 0.717) is 107 Å². The third kappa shape index (κ3) is 13.1. The Kier molecular flexibility index (Phi) is 17.3. The molecule has 1 atom stereocenters. The van der Waals surface area contributed by atoms with Crippen LogP contribution < -0.4 is 21.5 Å². The second kappa shape index (κ2) is 23.7. The van der Waals surface area contributed by atoms with Crippen LogP contribution in [0, 0.1) is 0 Å². The third-order valence-electron chi connectivity index (χ3n) is 9.78. The van der Waals surface area contributed by atoms with Crippen molar-refractivity contribution in [3.8, 4) is 11.6 Å². The highest BCUT2D eigenvalue weighted by Gasteiger charge is 2.45. The SMILES string of the molecule is C=N/C(=C\C=C(/C)OCCOCCOCCOCCOCCOCCNc1cccc2c1C(=O)N(C1CCC(=O)NC1=O)C2=O)C(=O)Nc1ccc2oc(-c3ccc(=O)n(C)n3)nc2c1. The van der Waals surface area contributed by atoms with Gasteiger partial charge in [-0.05, 0) is 68.6 Å². The zero-order valence-electron chi connectivity index (χ0n) is 36.0. The first-order chi connectivity index (χ1) is 31.5. The van der Waals surface area contributed by atoms with Crippen LogP contribution in [-0.4, -0.2) is 141 Å². The van der Waals surface area contributed by atoms with Crippen molar-refractivity contribution in [3.63, 3.8) is 0 Å². The summed E-state index contributed by atoms with van der Waals surface area (Å²) in [6, 6.07) is 11.7. The van der Waals surface area contributed by atoms with E-state index in [1.54, 1.807) is 49.4 Å². The Balaban J connectivity index is 0.745. The maximum absolute atomic E-state index is 13.2. The van der Waals surface area contributed by atoms with Crippen LogP contribution in [0.5, 0.6) is 0 Å². The van der Waals surface area contributed by atoms with Crippen LogP contribution in [0.25, 0.3) is 22.7 Å². The number of carbonyl (C=O) groups excluding carboxylic acids is 5. The third-order valence-corrected chi connectivity index (χ3v) is 9.78. The Bertz CT molecular complexity index is 2500. The lowest BCUT2D eigenvalue weighted by molar-refractivity contribution is -0.136. The molecule has 2 aliphatic heterocycles. The largest absolute Gasteiger partial charge is 0.496 e. The molecule has 1 saturated heterocycles. The number of aryl methyl sites for hydroxylation is 1. The highest BCUT2D eigenvalue weighted by atomic mass is 16.6. The number of hydrogen-bond donors (Lipinski definition) is 3. The summed E-state index contributed by atoms with van der Waals surface area (Å²) in [5, 5.41) is 12.2. The van der Waals surface area contributed by atoms with Gasteiger partial charge in [0, 0.05) is 37.5 Å². The van der Waals surface area contributed by atoms with E-state index >= 15 is 0 Å². The van der Waals surface area contributed by atoms with Gasteiger partial charge in [-0.1, -0.05) is 6.07 Å². The molecule has 344 valence electrons. The number of carbonyl (C=O) groups is 5. The lowest BCUT2D eigenvalue weighted by Gasteiger charge is -2.27. The highest BCUT2D eigenvalue weighted by Crippen LogP contribution is 2.32. The van der Waals surface area contributed by atoms with Gasteiger partial charge < -0.3 is 43.5 Å². The van der Waals surface area contributed by atoms with Gasteiger partial charge >= 0.3 is 0 Å². The van der Waals surface area contributed by atoms with Gasteiger partial charge in [-0.3, -0.25) is 44.0 Å². The quantitative estimate of drug-likeness (QED) is 0.0205. The van der Waals surface area contributed by atoms with Crippen LogP contribution in [0.15, 0.2) is 86.3 Å². The number of imide groups is 2. The summed E-state index contributed by atoms with van der Waals surface area (Å²) in [7, 11) is 1.53. The number of hydrogen-bond acceptors (Lipinski definition) is 17. The summed E-state index contributed by atoms with van der Waals surface area (Å²) in [5.41, 5.74) is 2.50.